The molecule has 0 atom stereocenters. The molecule has 160 valence electrons. The first-order valence-corrected chi connectivity index (χ1v) is 9.05. The first-order chi connectivity index (χ1) is 14.4. The zero-order valence-electron chi connectivity index (χ0n) is 16.5. The van der Waals surface area contributed by atoms with Crippen molar-refractivity contribution in [2.75, 3.05) is 27.9 Å². The molecule has 0 aliphatic carbocycles. The molecule has 0 aromatic heterocycles. The van der Waals surface area contributed by atoms with Crippen LogP contribution in [0.3, 0.4) is 0 Å². The number of hydrogen-bond donors (Lipinski definition) is 1. The maximum atomic E-state index is 14.1. The standard InChI is InChI=1S/C20H20ClF2N3O4/c1-24-20(27)19(26-29-3)12-6-4-8-15(21)14(12)10-30-25-17(11-28-2)13-7-5-9-16(22)18(13)23/h4-9H,10-11H2,1-3H3,(H,24,27)/b25-17+,26-19+. The lowest BCUT2D eigenvalue weighted by Gasteiger charge is -2.12. The lowest BCUT2D eigenvalue weighted by Crippen LogP contribution is -2.29. The summed E-state index contributed by atoms with van der Waals surface area (Å²) in [6, 6.07) is 8.55. The Balaban J connectivity index is 2.37. The topological polar surface area (TPSA) is 81.5 Å². The van der Waals surface area contributed by atoms with Crippen LogP contribution in [0.4, 0.5) is 8.78 Å². The summed E-state index contributed by atoms with van der Waals surface area (Å²) < 4.78 is 32.7. The van der Waals surface area contributed by atoms with Gasteiger partial charge in [-0.15, -0.1) is 0 Å². The summed E-state index contributed by atoms with van der Waals surface area (Å²) >= 11 is 6.27. The molecule has 1 N–H and O–H groups in total. The Hall–Kier alpha value is -3.04. The van der Waals surface area contributed by atoms with Gasteiger partial charge < -0.3 is 19.7 Å². The van der Waals surface area contributed by atoms with Crippen molar-refractivity contribution >= 4 is 28.9 Å². The number of nitrogens with zero attached hydrogens (tertiary/aromatic N) is 2. The molecule has 0 unspecified atom stereocenters. The van der Waals surface area contributed by atoms with Crippen LogP contribution in [0.1, 0.15) is 16.7 Å². The second kappa shape index (κ2) is 11.2. The molecule has 2 aromatic carbocycles. The summed E-state index contributed by atoms with van der Waals surface area (Å²) in [4.78, 5) is 22.3. The Morgan fingerprint density at radius 2 is 1.80 bits per heavy atom. The van der Waals surface area contributed by atoms with E-state index in [1.807, 2.05) is 0 Å². The van der Waals surface area contributed by atoms with Gasteiger partial charge in [0.2, 0.25) is 0 Å². The fraction of sp³-hybridized carbons (Fsp3) is 0.250. The Morgan fingerprint density at radius 3 is 2.47 bits per heavy atom. The molecule has 0 spiro atoms. The number of hydrogen-bond acceptors (Lipinski definition) is 6. The molecule has 2 aromatic rings. The van der Waals surface area contributed by atoms with Crippen molar-refractivity contribution in [2.24, 2.45) is 10.3 Å². The van der Waals surface area contributed by atoms with Gasteiger partial charge in [0.1, 0.15) is 19.4 Å². The Morgan fingerprint density at radius 1 is 1.10 bits per heavy atom. The third-order valence-corrected chi connectivity index (χ3v) is 4.28. The van der Waals surface area contributed by atoms with Gasteiger partial charge in [0.25, 0.3) is 5.91 Å². The predicted molar refractivity (Wildman–Crippen MR) is 109 cm³/mol. The van der Waals surface area contributed by atoms with E-state index >= 15 is 0 Å². The minimum absolute atomic E-state index is 0.0154. The van der Waals surface area contributed by atoms with E-state index < -0.39 is 17.5 Å². The smallest absolute Gasteiger partial charge is 0.273 e. The predicted octanol–water partition coefficient (Wildman–Crippen LogP) is 3.28. The van der Waals surface area contributed by atoms with E-state index in [1.165, 1.54) is 33.4 Å². The van der Waals surface area contributed by atoms with Crippen LogP contribution in [0.5, 0.6) is 0 Å². The number of rotatable bonds is 9. The second-order valence-electron chi connectivity index (χ2n) is 5.81. The largest absolute Gasteiger partial charge is 0.398 e. The maximum Gasteiger partial charge on any atom is 0.273 e. The van der Waals surface area contributed by atoms with E-state index in [1.54, 1.807) is 18.2 Å². The summed E-state index contributed by atoms with van der Waals surface area (Å²) in [5.41, 5.74) is 0.699. The monoisotopic (exact) mass is 439 g/mol. The van der Waals surface area contributed by atoms with Gasteiger partial charge >= 0.3 is 0 Å². The van der Waals surface area contributed by atoms with Gasteiger partial charge in [0, 0.05) is 35.9 Å². The van der Waals surface area contributed by atoms with Crippen LogP contribution in [-0.2, 0) is 25.8 Å². The molecule has 7 nitrogen and oxygen atoms in total. The van der Waals surface area contributed by atoms with E-state index in [2.05, 4.69) is 15.6 Å². The number of nitrogens with one attached hydrogen (secondary N) is 1. The van der Waals surface area contributed by atoms with Crippen molar-refractivity contribution in [3.63, 3.8) is 0 Å². The van der Waals surface area contributed by atoms with Crippen LogP contribution in [0.2, 0.25) is 5.02 Å². The Kier molecular flexibility index (Phi) is 8.70. The fourth-order valence-electron chi connectivity index (χ4n) is 2.54. The quantitative estimate of drug-likeness (QED) is 0.480. The SMILES string of the molecule is CNC(=O)/C(=N/OC)c1cccc(Cl)c1CO/N=C(\COC)c1cccc(F)c1F. The lowest BCUT2D eigenvalue weighted by atomic mass is 10.0. The number of likely N-dealkylation sites (N-methyl/N-ethyl adjacent to an activating group) is 1. The number of benzene rings is 2. The first-order valence-electron chi connectivity index (χ1n) is 8.67. The van der Waals surface area contributed by atoms with Crippen molar-refractivity contribution < 1.29 is 28.0 Å². The molecule has 0 saturated carbocycles. The van der Waals surface area contributed by atoms with Gasteiger partial charge in [-0.05, 0) is 18.2 Å². The molecule has 30 heavy (non-hydrogen) atoms. The summed E-state index contributed by atoms with van der Waals surface area (Å²) in [5, 5.41) is 10.4. The highest BCUT2D eigenvalue weighted by Gasteiger charge is 2.20. The lowest BCUT2D eigenvalue weighted by molar-refractivity contribution is -0.114. The van der Waals surface area contributed by atoms with Crippen LogP contribution in [-0.4, -0.2) is 45.2 Å². The summed E-state index contributed by atoms with van der Waals surface area (Å²) in [7, 11) is 4.14. The third kappa shape index (κ3) is 5.52. The zero-order valence-corrected chi connectivity index (χ0v) is 17.3. The molecule has 0 aliphatic rings. The van der Waals surface area contributed by atoms with Gasteiger partial charge in [-0.2, -0.15) is 0 Å². The summed E-state index contributed by atoms with van der Waals surface area (Å²) in [6.07, 6.45) is 0. The Bertz CT molecular complexity index is 967. The van der Waals surface area contributed by atoms with Gasteiger partial charge in [0.05, 0.1) is 6.61 Å². The minimum Gasteiger partial charge on any atom is -0.398 e. The van der Waals surface area contributed by atoms with E-state index in [9.17, 15) is 13.6 Å². The average Bonchev–Trinajstić information content (AvgIpc) is 2.74. The first kappa shape index (κ1) is 23.2. The number of carbonyl (C=O) groups is 1. The van der Waals surface area contributed by atoms with Gasteiger partial charge in [-0.1, -0.05) is 40.1 Å². The molecule has 10 heteroatoms. The van der Waals surface area contributed by atoms with Crippen LogP contribution in [0.25, 0.3) is 0 Å². The van der Waals surface area contributed by atoms with Crippen molar-refractivity contribution in [2.45, 2.75) is 6.61 Å². The fourth-order valence-corrected chi connectivity index (χ4v) is 2.77. The molecular weight excluding hydrogens is 420 g/mol. The molecule has 0 saturated heterocycles. The van der Waals surface area contributed by atoms with E-state index in [-0.39, 0.29) is 30.2 Å². The number of amides is 1. The van der Waals surface area contributed by atoms with Crippen LogP contribution in [0.15, 0.2) is 46.7 Å². The van der Waals surface area contributed by atoms with Crippen LogP contribution >= 0.6 is 11.6 Å². The highest BCUT2D eigenvalue weighted by atomic mass is 35.5. The van der Waals surface area contributed by atoms with Crippen LogP contribution in [0, 0.1) is 11.6 Å². The summed E-state index contributed by atoms with van der Waals surface area (Å²) in [6.45, 7) is -0.302. The molecule has 1 amide bonds. The maximum absolute atomic E-state index is 14.1. The van der Waals surface area contributed by atoms with Crippen molar-refractivity contribution in [1.29, 1.82) is 0 Å². The van der Waals surface area contributed by atoms with E-state index in [0.717, 1.165) is 6.07 Å². The number of carbonyl (C=O) groups excluding carboxylic acids is 1. The molecular formula is C20H20ClF2N3O4. The minimum atomic E-state index is -1.07. The highest BCUT2D eigenvalue weighted by molar-refractivity contribution is 6.46. The molecule has 0 radical (unpaired) electrons. The highest BCUT2D eigenvalue weighted by Crippen LogP contribution is 2.23. The number of halogens is 3. The van der Waals surface area contributed by atoms with Gasteiger partial charge in [-0.3, -0.25) is 4.79 Å². The zero-order chi connectivity index (χ0) is 22.1. The Labute approximate surface area is 177 Å². The summed E-state index contributed by atoms with van der Waals surface area (Å²) in [5.74, 6) is -2.58. The van der Waals surface area contributed by atoms with Gasteiger partial charge in [-0.25, -0.2) is 8.78 Å². The van der Waals surface area contributed by atoms with Crippen molar-refractivity contribution in [3.05, 3.63) is 69.7 Å². The molecule has 0 heterocycles. The normalized spacial score (nSPS) is 11.9. The molecule has 2 rings (SSSR count). The number of methoxy groups -OCH3 is 1. The number of ether oxygens (including phenoxy) is 1. The van der Waals surface area contributed by atoms with Gasteiger partial charge in [0.15, 0.2) is 17.3 Å². The van der Waals surface area contributed by atoms with E-state index in [0.29, 0.717) is 16.1 Å². The van der Waals surface area contributed by atoms with Crippen molar-refractivity contribution in [3.8, 4) is 0 Å². The third-order valence-electron chi connectivity index (χ3n) is 3.93. The molecule has 0 aliphatic heterocycles. The number of oxime groups is 2. The molecule has 0 fully saturated rings. The second-order valence-corrected chi connectivity index (χ2v) is 6.22. The molecule has 0 bridgehead atoms. The average molecular weight is 440 g/mol. The van der Waals surface area contributed by atoms with E-state index in [4.69, 9.17) is 26.0 Å². The van der Waals surface area contributed by atoms with Crippen molar-refractivity contribution in [1.82, 2.24) is 5.32 Å². The van der Waals surface area contributed by atoms with Crippen LogP contribution < -0.4 is 5.32 Å².